The van der Waals surface area contributed by atoms with Gasteiger partial charge in [0.25, 0.3) is 0 Å². The zero-order chi connectivity index (χ0) is 10.9. The third-order valence-corrected chi connectivity index (χ3v) is 6.56. The molecule has 0 aromatic heterocycles. The van der Waals surface area contributed by atoms with E-state index in [1.807, 2.05) is 0 Å². The first-order chi connectivity index (χ1) is 7.19. The van der Waals surface area contributed by atoms with Gasteiger partial charge in [0.2, 0.25) is 0 Å². The van der Waals surface area contributed by atoms with Gasteiger partial charge in [-0.05, 0) is 35.6 Å². The predicted molar refractivity (Wildman–Crippen MR) is 71.3 cm³/mol. The number of allylic oxidation sites excluding steroid dienone is 2. The van der Waals surface area contributed by atoms with E-state index in [-0.39, 0.29) is 0 Å². The summed E-state index contributed by atoms with van der Waals surface area (Å²) in [6, 6.07) is 0. The second kappa shape index (κ2) is 4.45. The van der Waals surface area contributed by atoms with E-state index in [1.165, 1.54) is 48.8 Å². The topological polar surface area (TPSA) is 0 Å². The molecule has 3 unspecified atom stereocenters. The summed E-state index contributed by atoms with van der Waals surface area (Å²) in [6.07, 6.45) is 13.8. The Kier molecular flexibility index (Phi) is 3.39. The summed E-state index contributed by atoms with van der Waals surface area (Å²) in [5.74, 6) is 2.98. The summed E-state index contributed by atoms with van der Waals surface area (Å²) in [5.41, 5.74) is 0. The molecule has 2 bridgehead atoms. The third kappa shape index (κ3) is 2.08. The lowest BCUT2D eigenvalue weighted by Crippen LogP contribution is -2.27. The van der Waals surface area contributed by atoms with Crippen molar-refractivity contribution in [3.05, 3.63) is 12.2 Å². The zero-order valence-corrected chi connectivity index (χ0v) is 12.6. The quantitative estimate of drug-likeness (QED) is 0.494. The molecule has 1 heteroatoms. The predicted octanol–water partition coefficient (Wildman–Crippen LogP) is 3.32. The second-order valence-electron chi connectivity index (χ2n) is 6.04. The lowest BCUT2D eigenvalue weighted by atomic mass is 9.76. The fourth-order valence-electron chi connectivity index (χ4n) is 4.22. The molecule has 0 amide bonds. The van der Waals surface area contributed by atoms with E-state index in [0.717, 1.165) is 22.8 Å². The number of hydrogen-bond donors (Lipinski definition) is 0. The molecule has 0 radical (unpaired) electrons. The van der Waals surface area contributed by atoms with Crippen LogP contribution in [-0.4, -0.2) is 10.2 Å². The molecule has 2 rings (SSSR count). The first-order valence-corrected chi connectivity index (χ1v) is 7.88. The number of fused-ring (bicyclic) bond motifs is 2. The van der Waals surface area contributed by atoms with Crippen molar-refractivity contribution in [1.29, 1.82) is 0 Å². The van der Waals surface area contributed by atoms with Gasteiger partial charge in [0, 0.05) is 10.2 Å². The van der Waals surface area contributed by atoms with Gasteiger partial charge >= 0.3 is 0 Å². The summed E-state index contributed by atoms with van der Waals surface area (Å²) < 4.78 is 0. The van der Waals surface area contributed by atoms with Crippen molar-refractivity contribution in [2.45, 2.75) is 57.4 Å². The molecule has 2 aliphatic rings. The second-order valence-corrected chi connectivity index (χ2v) is 8.03. The number of hydrogen-bond acceptors (Lipinski definition) is 0. The number of rotatable bonds is 5. The van der Waals surface area contributed by atoms with Crippen LogP contribution in [0.25, 0.3) is 0 Å². The summed E-state index contributed by atoms with van der Waals surface area (Å²) >= 11 is 0. The Morgan fingerprint density at radius 3 is 2.20 bits per heavy atom. The maximum atomic E-state index is 2.54. The summed E-state index contributed by atoms with van der Waals surface area (Å²) in [6.45, 7) is 4.73. The molecule has 1 fully saturated rings. The van der Waals surface area contributed by atoms with Gasteiger partial charge in [0.05, 0.1) is 0 Å². The minimum atomic E-state index is 0.772. The van der Waals surface area contributed by atoms with Crippen molar-refractivity contribution in [3.8, 4) is 0 Å². The minimum absolute atomic E-state index is 0.772. The fraction of sp³-hybridized carbons (Fsp3) is 0.857. The third-order valence-electron chi connectivity index (χ3n) is 4.82. The molecule has 0 nitrogen and oxygen atoms in total. The lowest BCUT2D eigenvalue weighted by Gasteiger charge is -2.39. The highest BCUT2D eigenvalue weighted by Gasteiger charge is 2.44. The highest BCUT2D eigenvalue weighted by atomic mass is 28.1. The van der Waals surface area contributed by atoms with E-state index in [9.17, 15) is 0 Å². The van der Waals surface area contributed by atoms with Crippen LogP contribution in [0.5, 0.6) is 0 Å². The Balaban J connectivity index is 2.08. The van der Waals surface area contributed by atoms with Crippen molar-refractivity contribution >= 4 is 10.2 Å². The molecule has 86 valence electrons. The van der Waals surface area contributed by atoms with Gasteiger partial charge in [-0.25, -0.2) is 0 Å². The van der Waals surface area contributed by atoms with Crippen LogP contribution in [-0.2, 0) is 0 Å². The highest BCUT2D eigenvalue weighted by Crippen LogP contribution is 2.56. The molecule has 2 aliphatic carbocycles. The summed E-state index contributed by atoms with van der Waals surface area (Å²) in [7, 11) is 1.41. The molecule has 1 saturated carbocycles. The van der Waals surface area contributed by atoms with Crippen LogP contribution in [0.1, 0.15) is 52.4 Å². The normalized spacial score (nSPS) is 34.1. The van der Waals surface area contributed by atoms with Crippen molar-refractivity contribution in [2.75, 3.05) is 0 Å². The van der Waals surface area contributed by atoms with Crippen molar-refractivity contribution in [2.24, 2.45) is 17.8 Å². The van der Waals surface area contributed by atoms with Crippen LogP contribution in [0.4, 0.5) is 0 Å². The van der Waals surface area contributed by atoms with E-state index in [0.29, 0.717) is 0 Å². The molecular formula is C14H26Si. The van der Waals surface area contributed by atoms with E-state index in [4.69, 9.17) is 0 Å². The van der Waals surface area contributed by atoms with Gasteiger partial charge in [0.15, 0.2) is 0 Å². The standard InChI is InChI=1S/C14H26Si/c1-3-7-14(15,8-4-2)13-10-11-5-6-12(13)9-11/h5-6,11-13H,3-4,7-10H2,1-2,15H3. The smallest absolute Gasteiger partial charge is 0.0110 e. The van der Waals surface area contributed by atoms with E-state index >= 15 is 0 Å². The molecular weight excluding hydrogens is 196 g/mol. The Hall–Kier alpha value is -0.0431. The van der Waals surface area contributed by atoms with E-state index in [1.54, 1.807) is 0 Å². The minimum Gasteiger partial charge on any atom is -0.0851 e. The van der Waals surface area contributed by atoms with E-state index < -0.39 is 0 Å². The Bertz CT molecular complexity index is 238. The molecule has 0 saturated heterocycles. The van der Waals surface area contributed by atoms with Gasteiger partial charge in [-0.3, -0.25) is 0 Å². The fourth-order valence-corrected chi connectivity index (χ4v) is 5.88. The molecule has 0 heterocycles. The molecule has 15 heavy (non-hydrogen) atoms. The summed E-state index contributed by atoms with van der Waals surface area (Å²) in [5, 5.41) is 0.772. The van der Waals surface area contributed by atoms with Crippen LogP contribution in [0.15, 0.2) is 12.2 Å². The molecule has 0 spiro atoms. The van der Waals surface area contributed by atoms with Gasteiger partial charge in [0.1, 0.15) is 0 Å². The zero-order valence-electron chi connectivity index (χ0n) is 10.6. The van der Waals surface area contributed by atoms with Gasteiger partial charge in [-0.1, -0.05) is 51.7 Å². The Morgan fingerprint density at radius 1 is 1.13 bits per heavy atom. The van der Waals surface area contributed by atoms with Crippen molar-refractivity contribution in [3.63, 3.8) is 0 Å². The maximum absolute atomic E-state index is 2.54. The average molecular weight is 222 g/mol. The molecule has 0 aromatic rings. The van der Waals surface area contributed by atoms with Crippen LogP contribution >= 0.6 is 0 Å². The van der Waals surface area contributed by atoms with Crippen LogP contribution in [0.2, 0.25) is 5.04 Å². The highest BCUT2D eigenvalue weighted by molar-refractivity contribution is 6.15. The first kappa shape index (κ1) is 11.4. The van der Waals surface area contributed by atoms with Gasteiger partial charge in [-0.15, -0.1) is 0 Å². The molecule has 0 aliphatic heterocycles. The van der Waals surface area contributed by atoms with Crippen LogP contribution < -0.4 is 0 Å². The largest absolute Gasteiger partial charge is 0.0851 e. The Morgan fingerprint density at radius 2 is 1.80 bits per heavy atom. The van der Waals surface area contributed by atoms with Crippen molar-refractivity contribution in [1.82, 2.24) is 0 Å². The van der Waals surface area contributed by atoms with Crippen molar-refractivity contribution < 1.29 is 0 Å². The average Bonchev–Trinajstić information content (AvgIpc) is 2.79. The van der Waals surface area contributed by atoms with Crippen LogP contribution in [0.3, 0.4) is 0 Å². The monoisotopic (exact) mass is 222 g/mol. The lowest BCUT2D eigenvalue weighted by molar-refractivity contribution is 0.272. The van der Waals surface area contributed by atoms with Gasteiger partial charge in [-0.2, -0.15) is 0 Å². The first-order valence-electron chi connectivity index (χ1n) is 6.88. The van der Waals surface area contributed by atoms with Crippen LogP contribution in [0, 0.1) is 17.8 Å². The SMILES string of the molecule is CCCC([SiH3])(CCC)C1CC2C=CC1C2. The molecule has 3 atom stereocenters. The summed E-state index contributed by atoms with van der Waals surface area (Å²) in [4.78, 5) is 0. The Labute approximate surface area is 98.0 Å². The maximum Gasteiger partial charge on any atom is 0.0110 e. The molecule has 0 N–H and O–H groups in total. The van der Waals surface area contributed by atoms with E-state index in [2.05, 4.69) is 26.0 Å². The molecule has 0 aromatic carbocycles. The van der Waals surface area contributed by atoms with Gasteiger partial charge < -0.3 is 0 Å².